The summed E-state index contributed by atoms with van der Waals surface area (Å²) >= 11 is 1.10. The van der Waals surface area contributed by atoms with E-state index in [0.717, 1.165) is 17.8 Å². The number of hydrogen-bond acceptors (Lipinski definition) is 4. The van der Waals surface area contributed by atoms with Gasteiger partial charge in [-0.2, -0.15) is 13.2 Å². The summed E-state index contributed by atoms with van der Waals surface area (Å²) < 4.78 is 45.1. The third kappa shape index (κ3) is 3.96. The maximum absolute atomic E-state index is 13.2. The fourth-order valence-electron chi connectivity index (χ4n) is 2.21. The van der Waals surface area contributed by atoms with Gasteiger partial charge in [0, 0.05) is 18.7 Å². The number of nitrogens with zero attached hydrogens (tertiary/aromatic N) is 1. The van der Waals surface area contributed by atoms with E-state index < -0.39 is 17.5 Å². The van der Waals surface area contributed by atoms with Gasteiger partial charge in [-0.05, 0) is 40.5 Å². The van der Waals surface area contributed by atoms with Crippen molar-refractivity contribution >= 4 is 11.3 Å². The topological polar surface area (TPSA) is 34.1 Å². The zero-order valence-corrected chi connectivity index (χ0v) is 13.5. The Balaban J connectivity index is 2.31. The zero-order chi connectivity index (χ0) is 15.9. The van der Waals surface area contributed by atoms with Gasteiger partial charge in [-0.3, -0.25) is 0 Å². The SMILES string of the molecule is CC(C)(C)NCc1sc(C2(C)CCCO2)nc1C(F)(F)F. The minimum absolute atomic E-state index is 0.159. The van der Waals surface area contributed by atoms with Crippen LogP contribution in [-0.2, 0) is 23.1 Å². The van der Waals surface area contributed by atoms with Crippen LogP contribution < -0.4 is 5.32 Å². The average molecular weight is 322 g/mol. The quantitative estimate of drug-likeness (QED) is 0.910. The molecule has 1 aromatic heterocycles. The maximum atomic E-state index is 13.2. The third-order valence-electron chi connectivity index (χ3n) is 3.42. The molecular weight excluding hydrogens is 301 g/mol. The molecule has 0 amide bonds. The molecule has 0 radical (unpaired) electrons. The molecule has 0 aromatic carbocycles. The van der Waals surface area contributed by atoms with Crippen molar-refractivity contribution < 1.29 is 17.9 Å². The molecule has 1 aliphatic heterocycles. The summed E-state index contributed by atoms with van der Waals surface area (Å²) in [6.45, 7) is 8.32. The van der Waals surface area contributed by atoms with Gasteiger partial charge < -0.3 is 10.1 Å². The molecule has 3 nitrogen and oxygen atoms in total. The fourth-order valence-corrected chi connectivity index (χ4v) is 3.36. The molecule has 21 heavy (non-hydrogen) atoms. The Hall–Kier alpha value is -0.660. The number of rotatable bonds is 3. The van der Waals surface area contributed by atoms with Crippen LogP contribution in [-0.4, -0.2) is 17.1 Å². The van der Waals surface area contributed by atoms with Crippen LogP contribution in [0.25, 0.3) is 0 Å². The number of alkyl halides is 3. The van der Waals surface area contributed by atoms with Gasteiger partial charge in [0.25, 0.3) is 0 Å². The summed E-state index contributed by atoms with van der Waals surface area (Å²) in [4.78, 5) is 4.09. The first-order valence-corrected chi connectivity index (χ1v) is 7.79. The predicted molar refractivity (Wildman–Crippen MR) is 76.2 cm³/mol. The number of aromatic nitrogens is 1. The summed E-state index contributed by atoms with van der Waals surface area (Å²) in [5.74, 6) is 0. The number of thiazole rings is 1. The highest BCUT2D eigenvalue weighted by Crippen LogP contribution is 2.42. The highest BCUT2D eigenvalue weighted by Gasteiger charge is 2.42. The molecule has 1 aliphatic rings. The van der Waals surface area contributed by atoms with E-state index in [1.54, 1.807) is 0 Å². The van der Waals surface area contributed by atoms with Crippen LogP contribution >= 0.6 is 11.3 Å². The second-order valence-corrected chi connectivity index (χ2v) is 7.66. The van der Waals surface area contributed by atoms with Crippen molar-refractivity contribution in [1.29, 1.82) is 0 Å². The third-order valence-corrected chi connectivity index (χ3v) is 4.72. The van der Waals surface area contributed by atoms with Crippen molar-refractivity contribution in [3.05, 3.63) is 15.6 Å². The number of halogens is 3. The molecule has 1 unspecified atom stereocenters. The van der Waals surface area contributed by atoms with E-state index in [2.05, 4.69) is 10.3 Å². The summed E-state index contributed by atoms with van der Waals surface area (Å²) in [6.07, 6.45) is -2.87. The van der Waals surface area contributed by atoms with Gasteiger partial charge in [0.1, 0.15) is 10.6 Å². The van der Waals surface area contributed by atoms with Crippen molar-refractivity contribution in [2.45, 2.75) is 64.4 Å². The minimum Gasteiger partial charge on any atom is -0.368 e. The van der Waals surface area contributed by atoms with Crippen LogP contribution in [0.15, 0.2) is 0 Å². The van der Waals surface area contributed by atoms with E-state index in [1.165, 1.54) is 0 Å². The number of ether oxygens (including phenoxy) is 1. The molecule has 0 bridgehead atoms. The van der Waals surface area contributed by atoms with Crippen LogP contribution in [0.4, 0.5) is 13.2 Å². The normalized spacial score (nSPS) is 23.8. The molecule has 1 fully saturated rings. The molecule has 1 atom stereocenters. The van der Waals surface area contributed by atoms with Gasteiger partial charge in [-0.15, -0.1) is 11.3 Å². The fraction of sp³-hybridized carbons (Fsp3) is 0.786. The first-order valence-electron chi connectivity index (χ1n) is 6.98. The van der Waals surface area contributed by atoms with E-state index in [1.807, 2.05) is 27.7 Å². The Kier molecular flexibility index (Phi) is 4.39. The van der Waals surface area contributed by atoms with Gasteiger partial charge in [0.2, 0.25) is 0 Å². The largest absolute Gasteiger partial charge is 0.434 e. The second-order valence-electron chi connectivity index (χ2n) is 6.57. The Morgan fingerprint density at radius 1 is 1.33 bits per heavy atom. The van der Waals surface area contributed by atoms with Crippen LogP contribution in [0.1, 0.15) is 56.1 Å². The van der Waals surface area contributed by atoms with Gasteiger partial charge in [-0.25, -0.2) is 4.98 Å². The highest BCUT2D eigenvalue weighted by atomic mass is 32.1. The maximum Gasteiger partial charge on any atom is 0.434 e. The molecule has 1 saturated heterocycles. The first-order chi connectivity index (χ1) is 9.51. The van der Waals surface area contributed by atoms with Crippen molar-refractivity contribution in [3.8, 4) is 0 Å². The molecular formula is C14H21F3N2OS. The van der Waals surface area contributed by atoms with Gasteiger partial charge in [0.05, 0.1) is 4.88 Å². The van der Waals surface area contributed by atoms with E-state index >= 15 is 0 Å². The zero-order valence-electron chi connectivity index (χ0n) is 12.7. The monoisotopic (exact) mass is 322 g/mol. The Bertz CT molecular complexity index is 499. The van der Waals surface area contributed by atoms with Crippen molar-refractivity contribution in [2.24, 2.45) is 0 Å². The van der Waals surface area contributed by atoms with Crippen LogP contribution in [0.5, 0.6) is 0 Å². The highest BCUT2D eigenvalue weighted by molar-refractivity contribution is 7.11. The molecule has 0 aliphatic carbocycles. The van der Waals surface area contributed by atoms with Crippen LogP contribution in [0.3, 0.4) is 0 Å². The van der Waals surface area contributed by atoms with Gasteiger partial charge in [-0.1, -0.05) is 0 Å². The minimum atomic E-state index is -4.43. The van der Waals surface area contributed by atoms with E-state index in [0.29, 0.717) is 18.0 Å². The van der Waals surface area contributed by atoms with E-state index in [-0.39, 0.29) is 17.0 Å². The smallest absolute Gasteiger partial charge is 0.368 e. The van der Waals surface area contributed by atoms with Crippen LogP contribution in [0.2, 0.25) is 0 Å². The molecule has 1 aromatic rings. The van der Waals surface area contributed by atoms with E-state index in [9.17, 15) is 13.2 Å². The van der Waals surface area contributed by atoms with Crippen molar-refractivity contribution in [3.63, 3.8) is 0 Å². The molecule has 1 N–H and O–H groups in total. The number of nitrogens with one attached hydrogen (secondary N) is 1. The molecule has 2 heterocycles. The molecule has 7 heteroatoms. The lowest BCUT2D eigenvalue weighted by Gasteiger charge is -2.20. The summed E-state index contributed by atoms with van der Waals surface area (Å²) in [7, 11) is 0. The number of hydrogen-bond donors (Lipinski definition) is 1. The summed E-state index contributed by atoms with van der Waals surface area (Å²) in [6, 6.07) is 0. The van der Waals surface area contributed by atoms with Crippen molar-refractivity contribution in [2.75, 3.05) is 6.61 Å². The first kappa shape index (κ1) is 16.7. The average Bonchev–Trinajstić information content (AvgIpc) is 2.91. The molecule has 0 spiro atoms. The predicted octanol–water partition coefficient (Wildman–Crippen LogP) is 4.08. The summed E-state index contributed by atoms with van der Waals surface area (Å²) in [5, 5.41) is 3.53. The van der Waals surface area contributed by atoms with Gasteiger partial charge >= 0.3 is 6.18 Å². The lowest BCUT2D eigenvalue weighted by atomic mass is 10.0. The van der Waals surface area contributed by atoms with E-state index in [4.69, 9.17) is 4.74 Å². The molecule has 0 saturated carbocycles. The second kappa shape index (κ2) is 5.52. The Labute approximate surface area is 126 Å². The van der Waals surface area contributed by atoms with Crippen LogP contribution in [0, 0.1) is 0 Å². The molecule has 2 rings (SSSR count). The lowest BCUT2D eigenvalue weighted by Crippen LogP contribution is -2.35. The Morgan fingerprint density at radius 3 is 2.48 bits per heavy atom. The van der Waals surface area contributed by atoms with Crippen molar-refractivity contribution in [1.82, 2.24) is 10.3 Å². The Morgan fingerprint density at radius 2 is 2.00 bits per heavy atom. The summed E-state index contributed by atoms with van der Waals surface area (Å²) in [5.41, 5.74) is -1.71. The lowest BCUT2D eigenvalue weighted by molar-refractivity contribution is -0.141. The molecule has 120 valence electrons. The van der Waals surface area contributed by atoms with Gasteiger partial charge in [0.15, 0.2) is 5.69 Å². The standard InChI is InChI=1S/C14H21F3N2OS/c1-12(2,3)18-8-9-10(14(15,16)17)19-11(21-9)13(4)6-5-7-20-13/h18H,5-8H2,1-4H3.